The van der Waals surface area contributed by atoms with Crippen LogP contribution in [0.4, 0.5) is 4.79 Å². The molecule has 0 spiro atoms. The van der Waals surface area contributed by atoms with Gasteiger partial charge in [-0.1, -0.05) is 33.8 Å². The lowest BCUT2D eigenvalue weighted by atomic mass is 9.84. The lowest BCUT2D eigenvalue weighted by molar-refractivity contribution is -0.140. The van der Waals surface area contributed by atoms with Crippen molar-refractivity contribution >= 4 is 52.0 Å². The summed E-state index contributed by atoms with van der Waals surface area (Å²) in [6, 6.07) is 9.34. The van der Waals surface area contributed by atoms with Gasteiger partial charge < -0.3 is 29.7 Å². The number of aromatic nitrogens is 3. The van der Waals surface area contributed by atoms with Gasteiger partial charge in [-0.15, -0.1) is 11.3 Å². The molecule has 2 saturated heterocycles. The predicted octanol–water partition coefficient (Wildman–Crippen LogP) is 5.92. The van der Waals surface area contributed by atoms with E-state index in [-0.39, 0.29) is 55.4 Å². The van der Waals surface area contributed by atoms with Crippen molar-refractivity contribution in [1.29, 1.82) is 0 Å². The number of fused-ring (bicyclic) bond motifs is 1. The molecule has 0 bridgehead atoms. The van der Waals surface area contributed by atoms with Crippen LogP contribution < -0.4 is 10.7 Å². The van der Waals surface area contributed by atoms with Crippen molar-refractivity contribution in [3.05, 3.63) is 58.2 Å². The summed E-state index contributed by atoms with van der Waals surface area (Å²) in [6.45, 7) is 15.1. The van der Waals surface area contributed by atoms with Crippen molar-refractivity contribution in [2.24, 2.45) is 17.3 Å². The highest BCUT2D eigenvalue weighted by Crippen LogP contribution is 2.41. The molecule has 0 saturated carbocycles. The molecule has 2 fully saturated rings. The Labute approximate surface area is 362 Å². The molecule has 326 valence electrons. The van der Waals surface area contributed by atoms with Crippen LogP contribution in [0.1, 0.15) is 76.8 Å². The number of nitrogens with zero attached hydrogens (tertiary/aromatic N) is 6. The van der Waals surface area contributed by atoms with E-state index in [0.717, 1.165) is 76.0 Å². The van der Waals surface area contributed by atoms with Crippen molar-refractivity contribution in [2.45, 2.75) is 91.2 Å². The molecule has 0 aliphatic carbocycles. The number of rotatable bonds is 17. The molecule has 3 atom stereocenters. The van der Waals surface area contributed by atoms with Crippen molar-refractivity contribution < 1.29 is 29.3 Å². The van der Waals surface area contributed by atoms with Crippen LogP contribution in [0.2, 0.25) is 0 Å². The molecule has 4 amide bonds. The quantitative estimate of drug-likeness (QED) is 0.0938. The van der Waals surface area contributed by atoms with Gasteiger partial charge in [0.25, 0.3) is 5.91 Å². The number of pyridine rings is 1. The Kier molecular flexibility index (Phi) is 15.0. The topological polar surface area (TPSA) is 165 Å². The average molecular weight is 863 g/mol. The van der Waals surface area contributed by atoms with Crippen LogP contribution in [0, 0.1) is 17.3 Å². The highest BCUT2D eigenvalue weighted by molar-refractivity contribution is 7.98. The Balaban J connectivity index is 1.31. The molecule has 6 rings (SSSR count). The number of aliphatic hydroxyl groups excluding tert-OH is 2. The summed E-state index contributed by atoms with van der Waals surface area (Å²) in [5.41, 5.74) is 9.59. The van der Waals surface area contributed by atoms with E-state index in [1.165, 1.54) is 15.6 Å². The molecule has 4 aromatic rings. The molecule has 14 nitrogen and oxygen atoms in total. The number of aryl methyl sites for hydroxylation is 1. The van der Waals surface area contributed by atoms with Crippen LogP contribution >= 0.6 is 23.3 Å². The van der Waals surface area contributed by atoms with Crippen LogP contribution in [0.3, 0.4) is 0 Å². The van der Waals surface area contributed by atoms with E-state index in [1.54, 1.807) is 30.3 Å². The fourth-order valence-corrected chi connectivity index (χ4v) is 9.75. The number of nitrogens with one attached hydrogen (secondary N) is 2. The molecule has 16 heteroatoms. The maximum Gasteiger partial charge on any atom is 0.329 e. The zero-order valence-electron chi connectivity index (χ0n) is 36.2. The van der Waals surface area contributed by atoms with Gasteiger partial charge >= 0.3 is 6.03 Å². The zero-order chi connectivity index (χ0) is 43.3. The first-order valence-electron chi connectivity index (χ1n) is 21.0. The summed E-state index contributed by atoms with van der Waals surface area (Å²) < 4.78 is 9.56. The van der Waals surface area contributed by atoms with E-state index in [0.29, 0.717) is 37.6 Å². The SMILES string of the molecule is CCn1c(-c2cccnc2C(C)OC)c(CC(C)(C)CO)c2cc(-c3csc(CC(NC(=O)C(SN(C)C(=O)N4CC(CO)C4)C(C)C)C(=O)N4CCCCN4)n3)ccc21. The lowest BCUT2D eigenvalue weighted by Crippen LogP contribution is -2.57. The first-order chi connectivity index (χ1) is 28.7. The molecule has 3 unspecified atom stereocenters. The van der Waals surface area contributed by atoms with Gasteiger partial charge in [-0.05, 0) is 86.2 Å². The number of likely N-dealkylation sites (tertiary alicyclic amines) is 1. The van der Waals surface area contributed by atoms with Crippen LogP contribution in [-0.2, 0) is 33.7 Å². The largest absolute Gasteiger partial charge is 0.396 e. The zero-order valence-corrected chi connectivity index (χ0v) is 37.9. The van der Waals surface area contributed by atoms with E-state index in [4.69, 9.17) is 14.7 Å². The summed E-state index contributed by atoms with van der Waals surface area (Å²) in [6.07, 6.45) is 4.21. The van der Waals surface area contributed by atoms with Gasteiger partial charge in [-0.2, -0.15) is 0 Å². The minimum absolute atomic E-state index is 0.0218. The first kappa shape index (κ1) is 45.5. The number of carbonyl (C=O) groups is 3. The van der Waals surface area contributed by atoms with E-state index in [2.05, 4.69) is 60.3 Å². The van der Waals surface area contributed by atoms with Crippen LogP contribution in [-0.4, -0.2) is 122 Å². The van der Waals surface area contributed by atoms with Crippen molar-refractivity contribution in [3.63, 3.8) is 0 Å². The Morgan fingerprint density at radius 2 is 1.92 bits per heavy atom. The van der Waals surface area contributed by atoms with Gasteiger partial charge in [-0.3, -0.25) is 23.9 Å². The molecule has 2 aliphatic heterocycles. The van der Waals surface area contributed by atoms with E-state index >= 15 is 0 Å². The van der Waals surface area contributed by atoms with E-state index in [9.17, 15) is 24.6 Å². The number of carbonyl (C=O) groups excluding carboxylic acids is 3. The maximum absolute atomic E-state index is 14.1. The highest BCUT2D eigenvalue weighted by Gasteiger charge is 2.37. The maximum atomic E-state index is 14.1. The van der Waals surface area contributed by atoms with Crippen molar-refractivity contribution in [1.82, 2.24) is 39.5 Å². The molecule has 2 aliphatic rings. The van der Waals surface area contributed by atoms with Crippen LogP contribution in [0.5, 0.6) is 0 Å². The molecular weight excluding hydrogens is 801 g/mol. The standard InChI is InChI=1S/C44H62N8O6S2/c1-9-51-36-15-14-30(19-32(36)33(21-44(5,6)26-54)39(51)31-13-12-16-45-38(31)28(4)58-8)35-25-59-37(47-35)20-34(42(56)52-18-11-10-17-46-52)48-41(55)40(27(2)3)60-49(7)43(57)50-22-29(23-50)24-53/h12-16,19,25,27-29,34,40,46,53-54H,9-11,17-18,20-24,26H2,1-8H3,(H,48,55). The normalized spacial score (nSPS) is 16.5. The number of aliphatic hydroxyl groups is 2. The van der Waals surface area contributed by atoms with E-state index in [1.807, 2.05) is 32.2 Å². The summed E-state index contributed by atoms with van der Waals surface area (Å²) in [5.74, 6) is -0.609. The minimum atomic E-state index is -0.884. The number of hydrogen-bond donors (Lipinski definition) is 4. The molecule has 3 aromatic heterocycles. The Morgan fingerprint density at radius 3 is 2.57 bits per heavy atom. The van der Waals surface area contributed by atoms with Gasteiger partial charge in [0.15, 0.2) is 0 Å². The minimum Gasteiger partial charge on any atom is -0.396 e. The Hall–Kier alpha value is -4.06. The van der Waals surface area contributed by atoms with Crippen molar-refractivity contribution in [3.8, 4) is 22.5 Å². The highest BCUT2D eigenvalue weighted by atomic mass is 32.2. The third kappa shape index (κ3) is 10.0. The van der Waals surface area contributed by atoms with Crippen molar-refractivity contribution in [2.75, 3.05) is 53.6 Å². The molecule has 5 heterocycles. The third-order valence-corrected chi connectivity index (χ3v) is 13.8. The molecule has 1 aromatic carbocycles. The summed E-state index contributed by atoms with van der Waals surface area (Å²) in [5, 5.41) is 27.7. The first-order valence-corrected chi connectivity index (χ1v) is 22.8. The van der Waals surface area contributed by atoms with Gasteiger partial charge in [-0.25, -0.2) is 15.2 Å². The fourth-order valence-electron chi connectivity index (χ4n) is 7.94. The lowest BCUT2D eigenvalue weighted by Gasteiger charge is -2.40. The number of thiazole rings is 1. The van der Waals surface area contributed by atoms with Gasteiger partial charge in [0.05, 0.1) is 28.2 Å². The smallest absolute Gasteiger partial charge is 0.329 e. The second-order valence-corrected chi connectivity index (χ2v) is 19.3. The number of hydrogen-bond acceptors (Lipinski definition) is 11. The number of benzene rings is 1. The van der Waals surface area contributed by atoms with Gasteiger partial charge in [0.1, 0.15) is 11.3 Å². The van der Waals surface area contributed by atoms with E-state index < -0.39 is 16.7 Å². The van der Waals surface area contributed by atoms with Gasteiger partial charge in [0, 0.05) is 106 Å². The monoisotopic (exact) mass is 862 g/mol. The molecule has 4 N–H and O–H groups in total. The van der Waals surface area contributed by atoms with Crippen LogP contribution in [0.15, 0.2) is 41.9 Å². The summed E-state index contributed by atoms with van der Waals surface area (Å²) >= 11 is 2.61. The average Bonchev–Trinajstić information content (AvgIpc) is 3.83. The predicted molar refractivity (Wildman–Crippen MR) is 238 cm³/mol. The fraction of sp³-hybridized carbons (Fsp3) is 0.568. The third-order valence-electron chi connectivity index (χ3n) is 11.5. The molecular formula is C44H62N8O6S2. The number of amides is 4. The van der Waals surface area contributed by atoms with Gasteiger partial charge in [0.2, 0.25) is 5.91 Å². The summed E-state index contributed by atoms with van der Waals surface area (Å²) in [7, 11) is 3.34. The number of urea groups is 1. The van der Waals surface area contributed by atoms with Crippen LogP contribution in [0.25, 0.3) is 33.4 Å². The second kappa shape index (κ2) is 19.8. The number of hydrazine groups is 1. The number of methoxy groups -OCH3 is 1. The summed E-state index contributed by atoms with van der Waals surface area (Å²) in [4.78, 5) is 52.8. The number of ether oxygens (including phenoxy) is 1. The molecule has 60 heavy (non-hydrogen) atoms. The second-order valence-electron chi connectivity index (χ2n) is 17.1. The Morgan fingerprint density at radius 1 is 1.15 bits per heavy atom. The Bertz CT molecular complexity index is 2130. The molecule has 0 radical (unpaired) electrons.